The molecular weight excluding hydrogens is 589 g/mol. The van der Waals surface area contributed by atoms with Gasteiger partial charge in [0.05, 0.1) is 29.7 Å². The van der Waals surface area contributed by atoms with Gasteiger partial charge in [0.2, 0.25) is 0 Å². The third kappa shape index (κ3) is 7.94. The van der Waals surface area contributed by atoms with Crippen LogP contribution >= 0.6 is 23.2 Å². The lowest BCUT2D eigenvalue weighted by Crippen LogP contribution is -2.47. The summed E-state index contributed by atoms with van der Waals surface area (Å²) in [6.45, 7) is 10.1. The molecule has 0 saturated carbocycles. The fraction of sp³-hybridized carbons (Fsp3) is 0.281. The van der Waals surface area contributed by atoms with Crippen LogP contribution in [0.3, 0.4) is 0 Å². The van der Waals surface area contributed by atoms with Gasteiger partial charge in [-0.2, -0.15) is 5.10 Å². The summed E-state index contributed by atoms with van der Waals surface area (Å²) < 4.78 is 12.4. The first-order chi connectivity index (χ1) is 19.7. The van der Waals surface area contributed by atoms with E-state index >= 15 is 0 Å². The Labute approximate surface area is 257 Å². The van der Waals surface area contributed by atoms with Gasteiger partial charge in [-0.25, -0.2) is 4.79 Å². The lowest BCUT2D eigenvalue weighted by Gasteiger charge is -2.24. The van der Waals surface area contributed by atoms with Crippen molar-refractivity contribution < 1.29 is 19.1 Å². The van der Waals surface area contributed by atoms with E-state index < -0.39 is 19.6 Å². The second kappa shape index (κ2) is 12.6. The van der Waals surface area contributed by atoms with Crippen molar-refractivity contribution in [1.29, 1.82) is 0 Å². The second-order valence-corrected chi connectivity index (χ2v) is 17.2. The minimum Gasteiger partial charge on any atom is -0.495 e. The van der Waals surface area contributed by atoms with E-state index in [1.54, 1.807) is 25.6 Å². The van der Waals surface area contributed by atoms with Crippen molar-refractivity contribution >= 4 is 54.1 Å². The Morgan fingerprint density at radius 1 is 1.00 bits per heavy atom. The number of ether oxygens (including phenoxy) is 2. The number of methoxy groups -OCH3 is 1. The van der Waals surface area contributed by atoms with Crippen molar-refractivity contribution in [3.63, 3.8) is 0 Å². The fourth-order valence-electron chi connectivity index (χ4n) is 4.17. The highest BCUT2D eigenvalue weighted by molar-refractivity contribution is 6.84. The average molecular weight is 623 g/mol. The van der Waals surface area contributed by atoms with E-state index in [-0.39, 0.29) is 18.2 Å². The standard InChI is InChI=1S/C32H33Cl2N3O4Si/c1-32(2,20-41-29(38)15-16-42(4,5)6)35-31(39)30-25-13-9-23(22-10-14-28(40-3)26(34)17-22)18-27(25)37(36-30)19-21-7-11-24(33)12-8-21/h7-14,17-18H,19-20H2,1-6H3,(H,35,39). The summed E-state index contributed by atoms with van der Waals surface area (Å²) in [5.41, 5.74) is 5.93. The molecule has 0 unspecified atom stereocenters. The molecule has 10 heteroatoms. The van der Waals surface area contributed by atoms with Gasteiger partial charge in [0.15, 0.2) is 5.69 Å². The smallest absolute Gasteiger partial charge is 0.383 e. The molecule has 3 aromatic carbocycles. The summed E-state index contributed by atoms with van der Waals surface area (Å²) in [6.07, 6.45) is 0. The average Bonchev–Trinajstić information content (AvgIpc) is 3.29. The molecule has 0 radical (unpaired) electrons. The van der Waals surface area contributed by atoms with Crippen LogP contribution < -0.4 is 10.1 Å². The van der Waals surface area contributed by atoms with Crippen LogP contribution in [-0.2, 0) is 16.1 Å². The predicted octanol–water partition coefficient (Wildman–Crippen LogP) is 7.00. The molecule has 1 aromatic heterocycles. The van der Waals surface area contributed by atoms with Crippen molar-refractivity contribution in [1.82, 2.24) is 15.1 Å². The molecule has 42 heavy (non-hydrogen) atoms. The van der Waals surface area contributed by atoms with E-state index in [2.05, 4.69) is 16.8 Å². The number of fused-ring (bicyclic) bond motifs is 1. The number of hydrogen-bond donors (Lipinski definition) is 1. The first-order valence-electron chi connectivity index (χ1n) is 13.4. The Bertz CT molecular complexity index is 1700. The third-order valence-corrected chi connectivity index (χ3v) is 7.68. The molecule has 1 amide bonds. The number of rotatable bonds is 8. The maximum absolute atomic E-state index is 13.6. The van der Waals surface area contributed by atoms with E-state index in [0.29, 0.717) is 27.7 Å². The van der Waals surface area contributed by atoms with E-state index in [0.717, 1.165) is 22.2 Å². The number of aromatic nitrogens is 2. The van der Waals surface area contributed by atoms with Gasteiger partial charge in [-0.15, -0.1) is 5.54 Å². The number of halogens is 2. The van der Waals surface area contributed by atoms with Crippen molar-refractivity contribution in [2.45, 2.75) is 45.6 Å². The van der Waals surface area contributed by atoms with Crippen LogP contribution in [-0.4, -0.2) is 49.0 Å². The Morgan fingerprint density at radius 3 is 2.31 bits per heavy atom. The zero-order valence-electron chi connectivity index (χ0n) is 24.5. The molecule has 0 fully saturated rings. The summed E-state index contributed by atoms with van der Waals surface area (Å²) in [5, 5.41) is 9.50. The van der Waals surface area contributed by atoms with Gasteiger partial charge in [-0.05, 0) is 66.9 Å². The molecule has 0 atom stereocenters. The molecular formula is C32H33Cl2N3O4Si. The highest BCUT2D eigenvalue weighted by atomic mass is 35.5. The summed E-state index contributed by atoms with van der Waals surface area (Å²) in [5.74, 6) is 2.16. The Balaban J connectivity index is 1.65. The van der Waals surface area contributed by atoms with Crippen molar-refractivity contribution in [3.8, 4) is 28.3 Å². The monoisotopic (exact) mass is 621 g/mol. The zero-order valence-corrected chi connectivity index (χ0v) is 27.0. The van der Waals surface area contributed by atoms with Crippen LogP contribution in [0.4, 0.5) is 0 Å². The molecule has 4 rings (SSSR count). The van der Waals surface area contributed by atoms with E-state index in [4.69, 9.17) is 37.8 Å². The fourth-order valence-corrected chi connectivity index (χ4v) is 5.03. The van der Waals surface area contributed by atoms with Crippen LogP contribution in [0.2, 0.25) is 29.7 Å². The van der Waals surface area contributed by atoms with E-state index in [9.17, 15) is 9.59 Å². The first kappa shape index (κ1) is 31.2. The number of nitrogens with one attached hydrogen (secondary N) is 1. The third-order valence-electron chi connectivity index (χ3n) is 6.25. The SMILES string of the molecule is COc1ccc(-c2ccc3c(C(=O)NC(C)(C)COC(=O)C#C[Si](C)(C)C)nn(Cc4ccc(Cl)cc4)c3c2)cc1Cl. The number of hydrogen-bond acceptors (Lipinski definition) is 5. The molecule has 0 bridgehead atoms. The van der Waals surface area contributed by atoms with Crippen molar-refractivity contribution in [2.75, 3.05) is 13.7 Å². The topological polar surface area (TPSA) is 82.4 Å². The lowest BCUT2D eigenvalue weighted by molar-refractivity contribution is -0.138. The van der Waals surface area contributed by atoms with Crippen LogP contribution in [0, 0.1) is 11.5 Å². The maximum atomic E-state index is 13.6. The highest BCUT2D eigenvalue weighted by Crippen LogP contribution is 2.32. The second-order valence-electron chi connectivity index (χ2n) is 11.6. The van der Waals surface area contributed by atoms with Gasteiger partial charge in [0.1, 0.15) is 20.4 Å². The molecule has 218 valence electrons. The lowest BCUT2D eigenvalue weighted by atomic mass is 10.0. The Hall–Kier alpha value is -3.77. The van der Waals surface area contributed by atoms with Gasteiger partial charge >= 0.3 is 5.97 Å². The van der Waals surface area contributed by atoms with Crippen molar-refractivity contribution in [3.05, 3.63) is 82.0 Å². The Morgan fingerprint density at radius 2 is 1.67 bits per heavy atom. The summed E-state index contributed by atoms with van der Waals surface area (Å²) in [7, 11) is -0.142. The van der Waals surface area contributed by atoms with Gasteiger partial charge in [0.25, 0.3) is 5.91 Å². The highest BCUT2D eigenvalue weighted by Gasteiger charge is 2.27. The quantitative estimate of drug-likeness (QED) is 0.130. The van der Waals surface area contributed by atoms with Crippen LogP contribution in [0.25, 0.3) is 22.0 Å². The van der Waals surface area contributed by atoms with E-state index in [1.165, 1.54) is 0 Å². The molecule has 0 aliphatic heterocycles. The van der Waals surface area contributed by atoms with Crippen LogP contribution in [0.5, 0.6) is 5.75 Å². The number of esters is 1. The molecule has 1 N–H and O–H groups in total. The maximum Gasteiger partial charge on any atom is 0.383 e. The van der Waals surface area contributed by atoms with Gasteiger partial charge in [-0.3, -0.25) is 9.48 Å². The van der Waals surface area contributed by atoms with Gasteiger partial charge in [-0.1, -0.05) is 67.1 Å². The number of amides is 1. The molecule has 1 heterocycles. The number of nitrogens with zero attached hydrogens (tertiary/aromatic N) is 2. The van der Waals surface area contributed by atoms with E-state index in [1.807, 2.05) is 80.3 Å². The molecule has 7 nitrogen and oxygen atoms in total. The molecule has 0 spiro atoms. The summed E-state index contributed by atoms with van der Waals surface area (Å²) in [6, 6.07) is 18.9. The number of carbonyl (C=O) groups excluding carboxylic acids is 2. The predicted molar refractivity (Wildman–Crippen MR) is 171 cm³/mol. The van der Waals surface area contributed by atoms with Crippen LogP contribution in [0.1, 0.15) is 29.9 Å². The number of benzene rings is 3. The number of carbonyl (C=O) groups is 2. The van der Waals surface area contributed by atoms with Gasteiger partial charge < -0.3 is 14.8 Å². The molecule has 0 aliphatic rings. The molecule has 0 saturated heterocycles. The zero-order chi connectivity index (χ0) is 30.7. The summed E-state index contributed by atoms with van der Waals surface area (Å²) >= 11 is 12.5. The Kier molecular flexibility index (Phi) is 9.36. The molecule has 0 aliphatic carbocycles. The minimum absolute atomic E-state index is 0.0380. The normalized spacial score (nSPS) is 11.5. The van der Waals surface area contributed by atoms with Crippen LogP contribution in [0.15, 0.2) is 60.7 Å². The minimum atomic E-state index is -1.71. The first-order valence-corrected chi connectivity index (χ1v) is 17.6. The summed E-state index contributed by atoms with van der Waals surface area (Å²) in [4.78, 5) is 25.7. The van der Waals surface area contributed by atoms with Gasteiger partial charge in [0, 0.05) is 16.3 Å². The largest absolute Gasteiger partial charge is 0.495 e. The molecule has 4 aromatic rings. The van der Waals surface area contributed by atoms with Crippen molar-refractivity contribution in [2.24, 2.45) is 0 Å².